The molecule has 1 aromatic carbocycles. The molecule has 0 saturated carbocycles. The van der Waals surface area contributed by atoms with Crippen molar-refractivity contribution in [3.05, 3.63) is 78.5 Å². The highest BCUT2D eigenvalue weighted by Gasteiger charge is 2.07. The van der Waals surface area contributed by atoms with Gasteiger partial charge in [0.2, 0.25) is 11.7 Å². The molecule has 3 heterocycles. The van der Waals surface area contributed by atoms with Crippen molar-refractivity contribution in [2.75, 3.05) is 0 Å². The number of hydrogen-bond donors (Lipinski definition) is 0. The van der Waals surface area contributed by atoms with Crippen LogP contribution in [0.15, 0.2) is 67.3 Å². The van der Waals surface area contributed by atoms with Gasteiger partial charge in [0.15, 0.2) is 0 Å². The van der Waals surface area contributed by atoms with E-state index in [0.29, 0.717) is 18.3 Å². The van der Waals surface area contributed by atoms with Crippen molar-refractivity contribution in [2.24, 2.45) is 0 Å². The highest BCUT2D eigenvalue weighted by atomic mass is 16.5. The molecule has 0 radical (unpaired) electrons. The molecule has 0 bridgehead atoms. The molecule has 118 valence electrons. The molecule has 0 aliphatic rings. The number of ether oxygens (including phenoxy) is 1. The van der Waals surface area contributed by atoms with Crippen LogP contribution in [-0.2, 0) is 6.61 Å². The Hall–Kier alpha value is -3.21. The molecule has 0 unspecified atom stereocenters. The molecule has 0 aliphatic heterocycles. The molecule has 4 rings (SSSR count). The van der Waals surface area contributed by atoms with Crippen LogP contribution < -0.4 is 4.74 Å². The van der Waals surface area contributed by atoms with Crippen molar-refractivity contribution in [3.8, 4) is 17.0 Å². The van der Waals surface area contributed by atoms with Gasteiger partial charge in [-0.05, 0) is 24.1 Å². The minimum atomic E-state index is 0.361. The zero-order valence-corrected chi connectivity index (χ0v) is 13.3. The third kappa shape index (κ3) is 2.84. The summed E-state index contributed by atoms with van der Waals surface area (Å²) in [6.45, 7) is 2.46. The number of rotatable bonds is 4. The van der Waals surface area contributed by atoms with E-state index in [-0.39, 0.29) is 0 Å². The highest BCUT2D eigenvalue weighted by molar-refractivity contribution is 5.66. The fourth-order valence-electron chi connectivity index (χ4n) is 2.62. The van der Waals surface area contributed by atoms with Gasteiger partial charge in [0, 0.05) is 36.4 Å². The number of fused-ring (bicyclic) bond motifs is 1. The van der Waals surface area contributed by atoms with Gasteiger partial charge in [-0.1, -0.05) is 30.3 Å². The van der Waals surface area contributed by atoms with E-state index < -0.39 is 0 Å². The topological polar surface area (TPSA) is 52.3 Å². The average molecular weight is 316 g/mol. The third-order valence-electron chi connectivity index (χ3n) is 3.82. The second-order valence-corrected chi connectivity index (χ2v) is 5.55. The molecule has 0 N–H and O–H groups in total. The standard InChI is InChI=1S/C19H16N4O/c1-14-6-2-3-7-17(14)15-10-21-19-22-16(12-23(19)11-15)13-24-18-8-4-5-9-20-18/h2-12H,13H2,1H3. The Kier molecular flexibility index (Phi) is 3.67. The van der Waals surface area contributed by atoms with Crippen LogP contribution in [0.1, 0.15) is 11.3 Å². The maximum Gasteiger partial charge on any atom is 0.234 e. The molecule has 24 heavy (non-hydrogen) atoms. The van der Waals surface area contributed by atoms with Gasteiger partial charge in [0.1, 0.15) is 6.61 Å². The first-order valence-corrected chi connectivity index (χ1v) is 7.73. The number of imidazole rings is 1. The highest BCUT2D eigenvalue weighted by Crippen LogP contribution is 2.22. The number of hydrogen-bond acceptors (Lipinski definition) is 4. The first-order chi connectivity index (χ1) is 11.8. The largest absolute Gasteiger partial charge is 0.471 e. The van der Waals surface area contributed by atoms with Crippen molar-refractivity contribution < 1.29 is 4.74 Å². The molecule has 0 amide bonds. The molecule has 5 nitrogen and oxygen atoms in total. The Balaban J connectivity index is 1.61. The van der Waals surface area contributed by atoms with Crippen LogP contribution in [0.5, 0.6) is 5.88 Å². The Labute approximate surface area is 139 Å². The number of aryl methyl sites for hydroxylation is 1. The van der Waals surface area contributed by atoms with Crippen molar-refractivity contribution in [2.45, 2.75) is 13.5 Å². The minimum Gasteiger partial charge on any atom is -0.471 e. The summed E-state index contributed by atoms with van der Waals surface area (Å²) in [6.07, 6.45) is 7.54. The third-order valence-corrected chi connectivity index (χ3v) is 3.82. The number of nitrogens with zero attached hydrogens (tertiary/aromatic N) is 4. The Bertz CT molecular complexity index is 979. The number of aromatic nitrogens is 4. The molecule has 0 atom stereocenters. The molecular weight excluding hydrogens is 300 g/mol. The zero-order chi connectivity index (χ0) is 16.4. The van der Waals surface area contributed by atoms with Crippen molar-refractivity contribution in [1.82, 2.24) is 19.4 Å². The van der Waals surface area contributed by atoms with Crippen LogP contribution in [0, 0.1) is 6.92 Å². The number of benzene rings is 1. The second-order valence-electron chi connectivity index (χ2n) is 5.55. The molecule has 4 aromatic rings. The summed E-state index contributed by atoms with van der Waals surface area (Å²) in [7, 11) is 0. The predicted molar refractivity (Wildman–Crippen MR) is 91.7 cm³/mol. The molecule has 0 fully saturated rings. The minimum absolute atomic E-state index is 0.361. The smallest absolute Gasteiger partial charge is 0.234 e. The lowest BCUT2D eigenvalue weighted by Gasteiger charge is -2.05. The van der Waals surface area contributed by atoms with E-state index in [9.17, 15) is 0 Å². The van der Waals surface area contributed by atoms with Crippen LogP contribution in [0.2, 0.25) is 0 Å². The van der Waals surface area contributed by atoms with Crippen molar-refractivity contribution >= 4 is 5.78 Å². The van der Waals surface area contributed by atoms with Crippen LogP contribution in [0.3, 0.4) is 0 Å². The summed E-state index contributed by atoms with van der Waals surface area (Å²) in [5.41, 5.74) is 4.27. The van der Waals surface area contributed by atoms with E-state index in [1.165, 1.54) is 11.1 Å². The summed E-state index contributed by atoms with van der Waals surface area (Å²) < 4.78 is 7.57. The number of pyridine rings is 1. The maximum absolute atomic E-state index is 5.64. The van der Waals surface area contributed by atoms with Gasteiger partial charge < -0.3 is 4.74 Å². The molecule has 5 heteroatoms. The van der Waals surface area contributed by atoms with E-state index in [4.69, 9.17) is 4.74 Å². The average Bonchev–Trinajstić information content (AvgIpc) is 3.03. The lowest BCUT2D eigenvalue weighted by molar-refractivity contribution is 0.290. The van der Waals surface area contributed by atoms with E-state index in [1.807, 2.05) is 53.3 Å². The summed E-state index contributed by atoms with van der Waals surface area (Å²) in [4.78, 5) is 13.1. The normalized spacial score (nSPS) is 10.9. The Morgan fingerprint density at radius 1 is 1.00 bits per heavy atom. The van der Waals surface area contributed by atoms with E-state index in [1.54, 1.807) is 6.20 Å². The molecule has 3 aromatic heterocycles. The summed E-state index contributed by atoms with van der Waals surface area (Å²) in [5, 5.41) is 0. The van der Waals surface area contributed by atoms with Gasteiger partial charge in [-0.3, -0.25) is 4.40 Å². The van der Waals surface area contributed by atoms with Crippen LogP contribution in [0.4, 0.5) is 0 Å². The lowest BCUT2D eigenvalue weighted by atomic mass is 10.0. The molecule has 0 aliphatic carbocycles. The van der Waals surface area contributed by atoms with E-state index in [2.05, 4.69) is 34.0 Å². The first-order valence-electron chi connectivity index (χ1n) is 7.73. The molecule has 0 saturated heterocycles. The first kappa shape index (κ1) is 14.4. The SMILES string of the molecule is Cc1ccccc1-c1cnc2nc(COc3ccccn3)cn2c1. The van der Waals surface area contributed by atoms with Crippen molar-refractivity contribution in [1.29, 1.82) is 0 Å². The zero-order valence-electron chi connectivity index (χ0n) is 13.3. The Morgan fingerprint density at radius 2 is 1.88 bits per heavy atom. The fourth-order valence-corrected chi connectivity index (χ4v) is 2.62. The van der Waals surface area contributed by atoms with Gasteiger partial charge in [0.25, 0.3) is 0 Å². The predicted octanol–water partition coefficient (Wildman–Crippen LogP) is 3.68. The van der Waals surface area contributed by atoms with Gasteiger partial charge >= 0.3 is 0 Å². The second kappa shape index (κ2) is 6.12. The Morgan fingerprint density at radius 3 is 2.71 bits per heavy atom. The van der Waals surface area contributed by atoms with E-state index >= 15 is 0 Å². The molecule has 0 spiro atoms. The fraction of sp³-hybridized carbons (Fsp3) is 0.105. The molecular formula is C19H16N4O. The quantitative estimate of drug-likeness (QED) is 0.576. The van der Waals surface area contributed by atoms with Crippen LogP contribution >= 0.6 is 0 Å². The maximum atomic E-state index is 5.64. The van der Waals surface area contributed by atoms with Gasteiger partial charge in [-0.15, -0.1) is 0 Å². The summed E-state index contributed by atoms with van der Waals surface area (Å²) in [6, 6.07) is 13.8. The van der Waals surface area contributed by atoms with Crippen LogP contribution in [-0.4, -0.2) is 19.4 Å². The van der Waals surface area contributed by atoms with Crippen molar-refractivity contribution in [3.63, 3.8) is 0 Å². The summed E-state index contributed by atoms with van der Waals surface area (Å²) >= 11 is 0. The van der Waals surface area contributed by atoms with Gasteiger partial charge in [0.05, 0.1) is 5.69 Å². The summed E-state index contributed by atoms with van der Waals surface area (Å²) in [5.74, 6) is 1.25. The van der Waals surface area contributed by atoms with Crippen LogP contribution in [0.25, 0.3) is 16.9 Å². The van der Waals surface area contributed by atoms with Gasteiger partial charge in [-0.2, -0.15) is 0 Å². The van der Waals surface area contributed by atoms with E-state index in [0.717, 1.165) is 11.3 Å². The lowest BCUT2D eigenvalue weighted by Crippen LogP contribution is -1.96. The monoisotopic (exact) mass is 316 g/mol. The van der Waals surface area contributed by atoms with Gasteiger partial charge in [-0.25, -0.2) is 15.0 Å².